The van der Waals surface area contributed by atoms with Gasteiger partial charge < -0.3 is 20.7 Å². The Kier molecular flexibility index (Phi) is 6.82. The fraction of sp³-hybridized carbons (Fsp3) is 0.200. The molecule has 0 radical (unpaired) electrons. The monoisotopic (exact) mass is 588 g/mol. The van der Waals surface area contributed by atoms with Crippen LogP contribution in [-0.4, -0.2) is 28.9 Å². The Morgan fingerprint density at radius 3 is 2.67 bits per heavy atom. The van der Waals surface area contributed by atoms with E-state index in [1.165, 1.54) is 24.0 Å². The van der Waals surface area contributed by atoms with Crippen LogP contribution in [0.4, 0.5) is 10.8 Å². The number of halogens is 1. The summed E-state index contributed by atoms with van der Waals surface area (Å²) < 4.78 is 5.17. The standard InChI is InChI=1S/C30H25ClN4O3S2/c1-30(14-21-19-8-3-4-9-20(19)25(30)34-27(21)39)28(37)35-29-33-23(15-40-29)16-6-5-7-17(12-16)26(36)32-18-10-11-24(38-2)22(31)13-18/h3-13,15,21,25H,14H2,1-2H3,(H,32,36)(H,34,39)(H,33,35,37)/t21-,25?,30?/m0/s1. The van der Waals surface area contributed by atoms with Crippen molar-refractivity contribution in [3.8, 4) is 17.0 Å². The second kappa shape index (κ2) is 10.3. The molecule has 3 N–H and O–H groups in total. The summed E-state index contributed by atoms with van der Waals surface area (Å²) in [4.78, 5) is 32.0. The maximum Gasteiger partial charge on any atom is 0.255 e. The molecule has 1 aromatic heterocycles. The maximum atomic E-state index is 13.6. The molecule has 3 atom stereocenters. The molecule has 2 bridgehead atoms. The van der Waals surface area contributed by atoms with Crippen molar-refractivity contribution in [1.82, 2.24) is 10.3 Å². The van der Waals surface area contributed by atoms with Crippen molar-refractivity contribution >= 4 is 62.8 Å². The molecule has 4 aromatic rings. The number of ether oxygens (including phenoxy) is 1. The summed E-state index contributed by atoms with van der Waals surface area (Å²) in [5.74, 6) is 0.168. The van der Waals surface area contributed by atoms with Crippen LogP contribution in [0.3, 0.4) is 0 Å². The molecular formula is C30H25ClN4O3S2. The number of aromatic nitrogens is 1. The van der Waals surface area contributed by atoms with Crippen molar-refractivity contribution in [1.29, 1.82) is 0 Å². The number of amides is 2. The fourth-order valence-corrected chi connectivity index (χ4v) is 6.80. The minimum absolute atomic E-state index is 0.0154. The molecular weight excluding hydrogens is 564 g/mol. The molecule has 3 aliphatic rings. The van der Waals surface area contributed by atoms with Crippen LogP contribution in [-0.2, 0) is 4.79 Å². The Morgan fingerprint density at radius 2 is 1.90 bits per heavy atom. The van der Waals surface area contributed by atoms with Gasteiger partial charge in [-0.3, -0.25) is 9.59 Å². The van der Waals surface area contributed by atoms with Crippen LogP contribution in [0.25, 0.3) is 11.3 Å². The molecule has 1 fully saturated rings. The van der Waals surface area contributed by atoms with Crippen molar-refractivity contribution < 1.29 is 14.3 Å². The van der Waals surface area contributed by atoms with Gasteiger partial charge in [0.2, 0.25) is 5.91 Å². The third-order valence-electron chi connectivity index (χ3n) is 7.62. The van der Waals surface area contributed by atoms with E-state index in [0.717, 1.165) is 16.1 Å². The molecule has 2 unspecified atom stereocenters. The highest BCUT2D eigenvalue weighted by atomic mass is 35.5. The van der Waals surface area contributed by atoms with Gasteiger partial charge in [-0.25, -0.2) is 4.98 Å². The molecule has 1 saturated heterocycles. The van der Waals surface area contributed by atoms with E-state index in [-0.39, 0.29) is 23.8 Å². The number of carbonyl (C=O) groups is 2. The summed E-state index contributed by atoms with van der Waals surface area (Å²) in [6.07, 6.45) is 0.640. The number of hydrogen-bond donors (Lipinski definition) is 3. The van der Waals surface area contributed by atoms with Crippen LogP contribution in [0.15, 0.2) is 72.1 Å². The highest BCUT2D eigenvalue weighted by Gasteiger charge is 2.53. The summed E-state index contributed by atoms with van der Waals surface area (Å²) >= 11 is 13.1. The number of nitrogens with zero attached hydrogens (tertiary/aromatic N) is 1. The van der Waals surface area contributed by atoms with Crippen LogP contribution < -0.4 is 20.7 Å². The van der Waals surface area contributed by atoms with Gasteiger partial charge in [-0.15, -0.1) is 11.3 Å². The SMILES string of the molecule is COc1ccc(NC(=O)c2cccc(-c3csc(NC(=O)C4(C)C[C@@H]5C(=S)NC4c4ccccc45)n3)c2)cc1Cl. The summed E-state index contributed by atoms with van der Waals surface area (Å²) in [7, 11) is 1.53. The Hall–Kier alpha value is -3.79. The lowest BCUT2D eigenvalue weighted by Crippen LogP contribution is -2.56. The van der Waals surface area contributed by atoms with Gasteiger partial charge in [0.1, 0.15) is 5.75 Å². The second-order valence-corrected chi connectivity index (χ2v) is 11.8. The lowest BCUT2D eigenvalue weighted by molar-refractivity contribution is -0.127. The van der Waals surface area contributed by atoms with Crippen molar-refractivity contribution in [2.75, 3.05) is 17.7 Å². The molecule has 3 aromatic carbocycles. The average Bonchev–Trinajstić information content (AvgIpc) is 3.43. The van der Waals surface area contributed by atoms with E-state index >= 15 is 0 Å². The first kappa shape index (κ1) is 26.4. The second-order valence-electron chi connectivity index (χ2n) is 10.1. The predicted octanol–water partition coefficient (Wildman–Crippen LogP) is 6.83. The Balaban J connectivity index is 1.17. The molecule has 3 heterocycles. The van der Waals surface area contributed by atoms with Crippen molar-refractivity contribution in [3.05, 3.63) is 93.8 Å². The van der Waals surface area contributed by atoms with Gasteiger partial charge in [0.15, 0.2) is 5.13 Å². The van der Waals surface area contributed by atoms with Crippen LogP contribution in [0.5, 0.6) is 5.75 Å². The van der Waals surface area contributed by atoms with Crippen LogP contribution >= 0.6 is 35.2 Å². The number of thiazole rings is 1. The van der Waals surface area contributed by atoms with Gasteiger partial charge in [0.05, 0.1) is 34.3 Å². The van der Waals surface area contributed by atoms with Crippen LogP contribution in [0, 0.1) is 5.41 Å². The molecule has 0 spiro atoms. The Morgan fingerprint density at radius 1 is 1.10 bits per heavy atom. The van der Waals surface area contributed by atoms with Crippen molar-refractivity contribution in [2.24, 2.45) is 5.41 Å². The van der Waals surface area contributed by atoms with Gasteiger partial charge in [-0.05, 0) is 54.8 Å². The topological polar surface area (TPSA) is 92.4 Å². The lowest BCUT2D eigenvalue weighted by Gasteiger charge is -2.50. The average molecular weight is 589 g/mol. The van der Waals surface area contributed by atoms with E-state index in [4.69, 9.17) is 28.6 Å². The van der Waals surface area contributed by atoms with E-state index in [0.29, 0.717) is 39.3 Å². The highest BCUT2D eigenvalue weighted by Crippen LogP contribution is 2.53. The van der Waals surface area contributed by atoms with Gasteiger partial charge in [0, 0.05) is 28.1 Å². The maximum absolute atomic E-state index is 13.6. The van der Waals surface area contributed by atoms with Crippen molar-refractivity contribution in [3.63, 3.8) is 0 Å². The minimum Gasteiger partial charge on any atom is -0.495 e. The molecule has 40 heavy (non-hydrogen) atoms. The van der Waals surface area contributed by atoms with Crippen LogP contribution in [0.2, 0.25) is 5.02 Å². The largest absolute Gasteiger partial charge is 0.495 e. The van der Waals surface area contributed by atoms with E-state index < -0.39 is 5.41 Å². The number of rotatable bonds is 6. The van der Waals surface area contributed by atoms with Crippen LogP contribution in [0.1, 0.15) is 46.8 Å². The molecule has 2 amide bonds. The van der Waals surface area contributed by atoms with Gasteiger partial charge in [0.25, 0.3) is 5.91 Å². The number of carbonyl (C=O) groups excluding carboxylic acids is 2. The lowest BCUT2D eigenvalue weighted by atomic mass is 9.61. The quantitative estimate of drug-likeness (QED) is 0.214. The van der Waals surface area contributed by atoms with E-state index in [9.17, 15) is 9.59 Å². The molecule has 10 heteroatoms. The first-order chi connectivity index (χ1) is 19.3. The molecule has 202 valence electrons. The molecule has 7 rings (SSSR count). The molecule has 1 aliphatic carbocycles. The molecule has 2 aliphatic heterocycles. The highest BCUT2D eigenvalue weighted by molar-refractivity contribution is 7.80. The van der Waals surface area contributed by atoms with E-state index in [1.807, 2.05) is 30.5 Å². The number of piperidine rings is 1. The Labute approximate surface area is 245 Å². The normalized spacial score (nSPS) is 20.8. The summed E-state index contributed by atoms with van der Waals surface area (Å²) in [6, 6.07) is 20.2. The minimum atomic E-state index is -0.685. The third kappa shape index (κ3) is 4.64. The number of methoxy groups -OCH3 is 1. The Bertz CT molecular complexity index is 1670. The first-order valence-electron chi connectivity index (χ1n) is 12.7. The zero-order valence-corrected chi connectivity index (χ0v) is 24.0. The third-order valence-corrected chi connectivity index (χ3v) is 9.08. The summed E-state index contributed by atoms with van der Waals surface area (Å²) in [6.45, 7) is 1.98. The van der Waals surface area contributed by atoms with E-state index in [1.54, 1.807) is 36.4 Å². The number of fused-ring (bicyclic) bond motifs is 2. The smallest absolute Gasteiger partial charge is 0.255 e. The number of thiocarbonyl (C=S) groups is 1. The molecule has 0 saturated carbocycles. The summed E-state index contributed by atoms with van der Waals surface area (Å²) in [5.41, 5.74) is 4.10. The summed E-state index contributed by atoms with van der Waals surface area (Å²) in [5, 5.41) is 12.1. The number of anilines is 2. The molecule has 7 nitrogen and oxygen atoms in total. The zero-order valence-electron chi connectivity index (χ0n) is 21.7. The van der Waals surface area contributed by atoms with E-state index in [2.05, 4.69) is 33.1 Å². The first-order valence-corrected chi connectivity index (χ1v) is 14.3. The zero-order chi connectivity index (χ0) is 28.0. The van der Waals surface area contributed by atoms with Gasteiger partial charge in [-0.2, -0.15) is 0 Å². The predicted molar refractivity (Wildman–Crippen MR) is 163 cm³/mol. The number of benzene rings is 3. The van der Waals surface area contributed by atoms with Gasteiger partial charge in [-0.1, -0.05) is 60.2 Å². The number of hydrogen-bond acceptors (Lipinski definition) is 6. The van der Waals surface area contributed by atoms with Crippen molar-refractivity contribution in [2.45, 2.75) is 25.3 Å². The van der Waals surface area contributed by atoms with Gasteiger partial charge >= 0.3 is 0 Å². The fourth-order valence-electron chi connectivity index (χ4n) is 5.49. The number of nitrogens with one attached hydrogen (secondary N) is 3.